The van der Waals surface area contributed by atoms with E-state index in [9.17, 15) is 0 Å². The summed E-state index contributed by atoms with van der Waals surface area (Å²) in [5, 5.41) is 0.791. The van der Waals surface area contributed by atoms with Gasteiger partial charge < -0.3 is 4.90 Å². The van der Waals surface area contributed by atoms with Crippen molar-refractivity contribution < 1.29 is 20.0 Å². The summed E-state index contributed by atoms with van der Waals surface area (Å²) in [6.07, 6.45) is 0. The molecule has 0 aliphatic carbocycles. The Bertz CT molecular complexity index is 572. The Morgan fingerprint density at radius 3 is 2.50 bits per heavy atom. The van der Waals surface area contributed by atoms with Gasteiger partial charge in [-0.15, -0.1) is 0 Å². The van der Waals surface area contributed by atoms with E-state index in [1.54, 1.807) is 20.0 Å². The SMILES string of the molecule is Cc1cccc(Cl)c1N1[C]CN(Cc2ccccc2)C1.[Cl][Au]. The van der Waals surface area contributed by atoms with Crippen LogP contribution in [0.4, 0.5) is 5.69 Å². The van der Waals surface area contributed by atoms with Crippen LogP contribution in [0.1, 0.15) is 11.1 Å². The van der Waals surface area contributed by atoms with Gasteiger partial charge in [0, 0.05) is 13.1 Å². The zero-order valence-electron chi connectivity index (χ0n) is 12.2. The van der Waals surface area contributed by atoms with Crippen molar-refractivity contribution in [2.24, 2.45) is 0 Å². The normalized spacial score (nSPS) is 14.7. The second-order valence-electron chi connectivity index (χ2n) is 5.11. The zero-order chi connectivity index (χ0) is 15.9. The predicted molar refractivity (Wildman–Crippen MR) is 89.5 cm³/mol. The van der Waals surface area contributed by atoms with Crippen LogP contribution in [0.25, 0.3) is 0 Å². The van der Waals surface area contributed by atoms with Crippen LogP contribution in [-0.2, 0) is 26.5 Å². The average Bonchev–Trinajstić information content (AvgIpc) is 2.98. The van der Waals surface area contributed by atoms with Crippen molar-refractivity contribution in [3.8, 4) is 0 Å². The number of benzene rings is 2. The van der Waals surface area contributed by atoms with Crippen LogP contribution < -0.4 is 4.90 Å². The van der Waals surface area contributed by atoms with Crippen molar-refractivity contribution in [2.75, 3.05) is 18.1 Å². The number of hydrogen-bond donors (Lipinski definition) is 0. The minimum atomic E-state index is 0.791. The fourth-order valence-corrected chi connectivity index (χ4v) is 2.87. The van der Waals surface area contributed by atoms with E-state index in [1.165, 1.54) is 11.1 Å². The van der Waals surface area contributed by atoms with Crippen molar-refractivity contribution in [1.82, 2.24) is 4.90 Å². The first-order valence-electron chi connectivity index (χ1n) is 6.88. The molecule has 1 aliphatic rings. The Morgan fingerprint density at radius 2 is 1.82 bits per heavy atom. The molecule has 1 aliphatic heterocycles. The van der Waals surface area contributed by atoms with Crippen LogP contribution in [0.5, 0.6) is 0 Å². The molecule has 2 aromatic rings. The van der Waals surface area contributed by atoms with Crippen LogP contribution in [0.3, 0.4) is 0 Å². The molecule has 1 fully saturated rings. The summed E-state index contributed by atoms with van der Waals surface area (Å²) in [6, 6.07) is 16.5. The van der Waals surface area contributed by atoms with E-state index in [2.05, 4.69) is 62.8 Å². The van der Waals surface area contributed by atoms with Crippen molar-refractivity contribution >= 4 is 26.5 Å². The molecule has 0 aromatic heterocycles. The number of halogens is 2. The first-order valence-corrected chi connectivity index (χ1v) is 9.94. The van der Waals surface area contributed by atoms with E-state index in [0.29, 0.717) is 0 Å². The minimum absolute atomic E-state index is 0.791. The van der Waals surface area contributed by atoms with Gasteiger partial charge in [0.15, 0.2) is 0 Å². The Balaban J connectivity index is 0.000000847. The number of para-hydroxylation sites is 1. The molecule has 0 saturated carbocycles. The summed E-state index contributed by atoms with van der Waals surface area (Å²) >= 11 is 8.07. The third-order valence-electron chi connectivity index (χ3n) is 3.53. The Hall–Kier alpha value is -0.480. The molecule has 0 N–H and O–H groups in total. The molecular formula is C17H17AuCl2N2. The molecule has 0 spiro atoms. The third kappa shape index (κ3) is 4.51. The Labute approximate surface area is 153 Å². The van der Waals surface area contributed by atoms with Crippen molar-refractivity contribution in [1.29, 1.82) is 0 Å². The molecule has 5 heteroatoms. The van der Waals surface area contributed by atoms with Crippen molar-refractivity contribution in [3.05, 3.63) is 71.2 Å². The van der Waals surface area contributed by atoms with Crippen molar-refractivity contribution in [3.63, 3.8) is 0 Å². The van der Waals surface area contributed by atoms with Crippen molar-refractivity contribution in [2.45, 2.75) is 13.5 Å². The molecule has 1 saturated heterocycles. The third-order valence-corrected chi connectivity index (χ3v) is 3.84. The summed E-state index contributed by atoms with van der Waals surface area (Å²) in [4.78, 5) is 4.47. The molecule has 2 nitrogen and oxygen atoms in total. The summed E-state index contributed by atoms with van der Waals surface area (Å²) in [5.41, 5.74) is 3.59. The van der Waals surface area contributed by atoms with Gasteiger partial charge in [0.2, 0.25) is 0 Å². The first kappa shape index (κ1) is 17.9. The predicted octanol–water partition coefficient (Wildman–Crippen LogP) is 4.65. The van der Waals surface area contributed by atoms with E-state index >= 15 is 0 Å². The number of hydrogen-bond acceptors (Lipinski definition) is 2. The van der Waals surface area contributed by atoms with Crippen LogP contribution in [0, 0.1) is 13.5 Å². The number of nitrogens with zero attached hydrogens (tertiary/aromatic N) is 2. The van der Waals surface area contributed by atoms with Gasteiger partial charge in [0.1, 0.15) is 6.54 Å². The Kier molecular flexibility index (Phi) is 7.29. The van der Waals surface area contributed by atoms with Crippen LogP contribution in [0.15, 0.2) is 48.5 Å². The summed E-state index contributed by atoms with van der Waals surface area (Å²) in [5.74, 6) is 0. The van der Waals surface area contributed by atoms with Gasteiger partial charge in [-0.3, -0.25) is 4.90 Å². The zero-order valence-corrected chi connectivity index (χ0v) is 15.9. The topological polar surface area (TPSA) is 6.48 Å². The molecule has 0 bridgehead atoms. The summed E-state index contributed by atoms with van der Waals surface area (Å²) < 4.78 is 0. The quantitative estimate of drug-likeness (QED) is 0.548. The molecule has 0 unspecified atom stereocenters. The van der Waals surface area contributed by atoms with Gasteiger partial charge in [-0.1, -0.05) is 54.1 Å². The molecule has 2 aromatic carbocycles. The van der Waals surface area contributed by atoms with E-state index in [1.807, 2.05) is 18.2 Å². The molecule has 0 atom stereocenters. The second-order valence-corrected chi connectivity index (χ2v) is 5.51. The van der Waals surface area contributed by atoms with Gasteiger partial charge in [-0.05, 0) is 24.1 Å². The van der Waals surface area contributed by atoms with E-state index < -0.39 is 0 Å². The maximum atomic E-state index is 6.32. The van der Waals surface area contributed by atoms with E-state index in [0.717, 1.165) is 30.5 Å². The van der Waals surface area contributed by atoms with Gasteiger partial charge >= 0.3 is 29.2 Å². The molecule has 22 heavy (non-hydrogen) atoms. The van der Waals surface area contributed by atoms with Gasteiger partial charge in [-0.2, -0.15) is 0 Å². The number of anilines is 1. The Morgan fingerprint density at radius 1 is 1.09 bits per heavy atom. The van der Waals surface area contributed by atoms with Crippen LogP contribution >= 0.6 is 20.8 Å². The molecule has 1 heterocycles. The molecule has 120 valence electrons. The first-order chi connectivity index (χ1) is 10.7. The van der Waals surface area contributed by atoms with E-state index in [-0.39, 0.29) is 0 Å². The molecule has 3 rings (SSSR count). The summed E-state index contributed by atoms with van der Waals surface area (Å²) in [6.45, 7) is 8.09. The monoisotopic (exact) mass is 516 g/mol. The fraction of sp³-hybridized carbons (Fsp3) is 0.235. The van der Waals surface area contributed by atoms with E-state index in [4.69, 9.17) is 11.6 Å². The molecule has 2 radical (unpaired) electrons. The number of rotatable bonds is 3. The maximum absolute atomic E-state index is 6.32. The van der Waals surface area contributed by atoms with Gasteiger partial charge in [0.25, 0.3) is 0 Å². The van der Waals surface area contributed by atoms with Gasteiger partial charge in [0.05, 0.1) is 17.4 Å². The summed E-state index contributed by atoms with van der Waals surface area (Å²) in [7, 11) is 4.58. The fourth-order valence-electron chi connectivity index (χ4n) is 2.55. The molecule has 0 amide bonds. The van der Waals surface area contributed by atoms with Gasteiger partial charge in [-0.25, -0.2) is 0 Å². The van der Waals surface area contributed by atoms with Crippen LogP contribution in [-0.4, -0.2) is 18.1 Å². The molecular weight excluding hydrogens is 500 g/mol. The van der Waals surface area contributed by atoms with Crippen LogP contribution in [0.2, 0.25) is 5.02 Å². The number of aryl methyl sites for hydroxylation is 1. The average molecular weight is 517 g/mol. The second kappa shape index (κ2) is 8.97. The standard InChI is InChI=1S/C17H17ClN2.Au.ClH/c1-14-6-5-9-16(18)17(14)20-11-10-19(13-20)12-15-7-3-2-4-8-15;;/h2-9H,10,12-13H2,1H3;;1H/q;+1;/p-1.